The second-order valence-electron chi connectivity index (χ2n) is 2.67. The molecule has 0 amide bonds. The SMILES string of the molecule is C/C(=N\Nc1nnc(SCC(=O)O)s1)C(=O)O. The molecule has 1 heterocycles. The average molecular weight is 276 g/mol. The fraction of sp³-hybridized carbons (Fsp3) is 0.286. The predicted octanol–water partition coefficient (Wildman–Crippen LogP) is 0.587. The summed E-state index contributed by atoms with van der Waals surface area (Å²) >= 11 is 2.13. The molecule has 3 N–H and O–H groups in total. The number of hydrogen-bond donors (Lipinski definition) is 3. The molecule has 0 aliphatic carbocycles. The average Bonchev–Trinajstić information content (AvgIpc) is 2.70. The minimum Gasteiger partial charge on any atom is -0.481 e. The van der Waals surface area contributed by atoms with Crippen LogP contribution in [0.2, 0.25) is 0 Å². The summed E-state index contributed by atoms with van der Waals surface area (Å²) in [6.45, 7) is 1.33. The third kappa shape index (κ3) is 4.78. The van der Waals surface area contributed by atoms with E-state index in [1.807, 2.05) is 0 Å². The molecule has 0 unspecified atom stereocenters. The molecule has 1 aromatic heterocycles. The summed E-state index contributed by atoms with van der Waals surface area (Å²) in [5.74, 6) is -2.19. The topological polar surface area (TPSA) is 125 Å². The van der Waals surface area contributed by atoms with Crippen LogP contribution in [-0.4, -0.2) is 43.8 Å². The molecule has 0 aliphatic rings. The Bertz CT molecular complexity index is 458. The van der Waals surface area contributed by atoms with Gasteiger partial charge in [-0.25, -0.2) is 4.79 Å². The van der Waals surface area contributed by atoms with Crippen LogP contribution < -0.4 is 5.43 Å². The first-order valence-electron chi connectivity index (χ1n) is 4.20. The molecule has 0 saturated heterocycles. The number of carbonyl (C=O) groups is 2. The second kappa shape index (κ2) is 6.15. The Balaban J connectivity index is 2.54. The van der Waals surface area contributed by atoms with Gasteiger partial charge in [-0.1, -0.05) is 23.1 Å². The van der Waals surface area contributed by atoms with Crippen LogP contribution >= 0.6 is 23.1 Å². The Morgan fingerprint density at radius 3 is 2.76 bits per heavy atom. The van der Waals surface area contributed by atoms with E-state index in [0.29, 0.717) is 9.47 Å². The maximum atomic E-state index is 10.4. The second-order valence-corrected chi connectivity index (χ2v) is 4.87. The Morgan fingerprint density at radius 1 is 1.47 bits per heavy atom. The number of hydrogen-bond acceptors (Lipinski definition) is 8. The quantitative estimate of drug-likeness (QED) is 0.391. The molecule has 0 atom stereocenters. The zero-order valence-electron chi connectivity index (χ0n) is 8.58. The van der Waals surface area contributed by atoms with E-state index >= 15 is 0 Å². The molecule has 8 nitrogen and oxygen atoms in total. The number of aliphatic carboxylic acids is 2. The summed E-state index contributed by atoms with van der Waals surface area (Å²) in [6, 6.07) is 0. The number of rotatable bonds is 6. The fourth-order valence-electron chi connectivity index (χ4n) is 0.616. The molecule has 1 aromatic rings. The van der Waals surface area contributed by atoms with Gasteiger partial charge in [0.25, 0.3) is 0 Å². The van der Waals surface area contributed by atoms with Crippen LogP contribution in [0, 0.1) is 0 Å². The van der Waals surface area contributed by atoms with E-state index in [2.05, 4.69) is 20.7 Å². The van der Waals surface area contributed by atoms with Gasteiger partial charge in [0.1, 0.15) is 5.71 Å². The van der Waals surface area contributed by atoms with Crippen LogP contribution in [0.3, 0.4) is 0 Å². The standard InChI is InChI=1S/C7H8N4O4S2/c1-3(5(14)15)8-9-6-10-11-7(17-6)16-2-4(12)13/h2H2,1H3,(H,9,10)(H,12,13)(H,14,15)/b8-3+. The van der Waals surface area contributed by atoms with Gasteiger partial charge >= 0.3 is 11.9 Å². The third-order valence-corrected chi connectivity index (χ3v) is 3.30. The van der Waals surface area contributed by atoms with Crippen LogP contribution in [0.15, 0.2) is 9.44 Å². The number of thioether (sulfide) groups is 1. The molecule has 0 bridgehead atoms. The van der Waals surface area contributed by atoms with Crippen molar-refractivity contribution in [2.24, 2.45) is 5.10 Å². The lowest BCUT2D eigenvalue weighted by Gasteiger charge is -1.93. The normalized spacial score (nSPS) is 11.2. The highest BCUT2D eigenvalue weighted by Gasteiger charge is 2.07. The fourth-order valence-corrected chi connectivity index (χ4v) is 2.03. The highest BCUT2D eigenvalue weighted by atomic mass is 32.2. The molecule has 17 heavy (non-hydrogen) atoms. The molecule has 1 rings (SSSR count). The van der Waals surface area contributed by atoms with E-state index in [9.17, 15) is 9.59 Å². The van der Waals surface area contributed by atoms with Crippen molar-refractivity contribution in [2.75, 3.05) is 11.2 Å². The number of hydrazone groups is 1. The highest BCUT2D eigenvalue weighted by Crippen LogP contribution is 2.25. The van der Waals surface area contributed by atoms with Gasteiger partial charge in [0.15, 0.2) is 4.34 Å². The van der Waals surface area contributed by atoms with Gasteiger partial charge in [-0.3, -0.25) is 10.2 Å². The first-order chi connectivity index (χ1) is 7.99. The minimum absolute atomic E-state index is 0.105. The van der Waals surface area contributed by atoms with Crippen molar-refractivity contribution in [3.63, 3.8) is 0 Å². The van der Waals surface area contributed by atoms with Gasteiger partial charge in [-0.05, 0) is 6.92 Å². The summed E-state index contributed by atoms with van der Waals surface area (Å²) < 4.78 is 0.470. The van der Waals surface area contributed by atoms with Gasteiger partial charge in [-0.2, -0.15) is 5.10 Å². The first-order valence-corrected chi connectivity index (χ1v) is 6.01. The van der Waals surface area contributed by atoms with Crippen molar-refractivity contribution in [2.45, 2.75) is 11.3 Å². The Morgan fingerprint density at radius 2 is 2.18 bits per heavy atom. The molecule has 10 heteroatoms. The maximum absolute atomic E-state index is 10.4. The molecule has 0 aromatic carbocycles. The van der Waals surface area contributed by atoms with E-state index in [-0.39, 0.29) is 11.5 Å². The van der Waals surface area contributed by atoms with Gasteiger partial charge in [-0.15, -0.1) is 10.2 Å². The molecule has 0 radical (unpaired) electrons. The summed E-state index contributed by atoms with van der Waals surface area (Å²) in [6.07, 6.45) is 0. The lowest BCUT2D eigenvalue weighted by Crippen LogP contribution is -2.10. The van der Waals surface area contributed by atoms with Crippen molar-refractivity contribution >= 4 is 45.9 Å². The largest absolute Gasteiger partial charge is 0.481 e. The van der Waals surface area contributed by atoms with E-state index in [1.54, 1.807) is 0 Å². The number of aromatic nitrogens is 2. The van der Waals surface area contributed by atoms with Crippen LogP contribution in [0.25, 0.3) is 0 Å². The van der Waals surface area contributed by atoms with Gasteiger partial charge in [0.05, 0.1) is 5.75 Å². The number of carboxylic acids is 2. The molecule has 0 saturated carbocycles. The number of carboxylic acid groups (broad SMARTS) is 2. The van der Waals surface area contributed by atoms with Crippen LogP contribution in [0.4, 0.5) is 5.13 Å². The summed E-state index contributed by atoms with van der Waals surface area (Å²) in [5.41, 5.74) is 2.31. The maximum Gasteiger partial charge on any atom is 0.351 e. The zero-order valence-corrected chi connectivity index (χ0v) is 10.2. The molecule has 0 spiro atoms. The van der Waals surface area contributed by atoms with Crippen LogP contribution in [0.5, 0.6) is 0 Å². The highest BCUT2D eigenvalue weighted by molar-refractivity contribution is 8.01. The number of nitrogens with zero attached hydrogens (tertiary/aromatic N) is 3. The van der Waals surface area contributed by atoms with Gasteiger partial charge < -0.3 is 10.2 Å². The Hall–Kier alpha value is -1.68. The lowest BCUT2D eigenvalue weighted by molar-refractivity contribution is -0.134. The smallest absolute Gasteiger partial charge is 0.351 e. The van der Waals surface area contributed by atoms with Gasteiger partial charge in [0, 0.05) is 0 Å². The summed E-state index contributed by atoms with van der Waals surface area (Å²) in [7, 11) is 0. The summed E-state index contributed by atoms with van der Waals surface area (Å²) in [4.78, 5) is 20.7. The molecular formula is C7H8N4O4S2. The third-order valence-electron chi connectivity index (χ3n) is 1.35. The van der Waals surface area contributed by atoms with Crippen LogP contribution in [-0.2, 0) is 9.59 Å². The van der Waals surface area contributed by atoms with Crippen molar-refractivity contribution in [1.82, 2.24) is 10.2 Å². The number of anilines is 1. The van der Waals surface area contributed by atoms with E-state index in [1.165, 1.54) is 6.92 Å². The Kier molecular flexibility index (Phi) is 4.84. The van der Waals surface area contributed by atoms with Crippen molar-refractivity contribution in [3.8, 4) is 0 Å². The van der Waals surface area contributed by atoms with E-state index in [4.69, 9.17) is 10.2 Å². The molecule has 0 fully saturated rings. The molecular weight excluding hydrogens is 268 g/mol. The van der Waals surface area contributed by atoms with E-state index in [0.717, 1.165) is 23.1 Å². The number of nitrogens with one attached hydrogen (secondary N) is 1. The van der Waals surface area contributed by atoms with Crippen molar-refractivity contribution in [3.05, 3.63) is 0 Å². The lowest BCUT2D eigenvalue weighted by atomic mass is 10.4. The van der Waals surface area contributed by atoms with Crippen LogP contribution in [0.1, 0.15) is 6.92 Å². The van der Waals surface area contributed by atoms with Gasteiger partial charge in [0.2, 0.25) is 5.13 Å². The monoisotopic (exact) mass is 276 g/mol. The Labute approximate surface area is 104 Å². The molecule has 92 valence electrons. The van der Waals surface area contributed by atoms with E-state index < -0.39 is 11.9 Å². The predicted molar refractivity (Wildman–Crippen MR) is 62.6 cm³/mol. The zero-order chi connectivity index (χ0) is 12.8. The molecule has 0 aliphatic heterocycles. The first kappa shape index (κ1) is 13.4. The van der Waals surface area contributed by atoms with Crippen molar-refractivity contribution < 1.29 is 19.8 Å². The summed E-state index contributed by atoms with van der Waals surface area (Å²) in [5, 5.41) is 28.2. The minimum atomic E-state index is -1.14. The van der Waals surface area contributed by atoms with Crippen molar-refractivity contribution in [1.29, 1.82) is 0 Å².